The monoisotopic (exact) mass is 319 g/mol. The Morgan fingerprint density at radius 3 is 2.83 bits per heavy atom. The van der Waals surface area contributed by atoms with Crippen LogP contribution in [-0.4, -0.2) is 26.0 Å². The van der Waals surface area contributed by atoms with Gasteiger partial charge in [0.25, 0.3) is 5.95 Å². The molecule has 0 saturated heterocycles. The molecule has 4 nitrogen and oxygen atoms in total. The van der Waals surface area contributed by atoms with E-state index in [1.165, 1.54) is 0 Å². The summed E-state index contributed by atoms with van der Waals surface area (Å²) in [6, 6.07) is 8.84. The number of rotatable bonds is 2. The van der Waals surface area contributed by atoms with Gasteiger partial charge in [-0.1, -0.05) is 6.07 Å². The molecule has 0 atom stereocenters. The van der Waals surface area contributed by atoms with Crippen molar-refractivity contribution in [3.63, 3.8) is 0 Å². The van der Waals surface area contributed by atoms with Crippen LogP contribution in [0.2, 0.25) is 0 Å². The maximum absolute atomic E-state index is 4.53. The molecule has 3 aromatic rings. The smallest absolute Gasteiger partial charge is 0.218 e. The maximum atomic E-state index is 4.53. The lowest BCUT2D eigenvalue weighted by Crippen LogP contribution is -2.02. The highest BCUT2D eigenvalue weighted by atomic mass is 79.9. The molecule has 3 rings (SSSR count). The zero-order valence-corrected chi connectivity index (χ0v) is 11.9. The van der Waals surface area contributed by atoms with Crippen LogP contribution in [0, 0.1) is 6.07 Å². The van der Waals surface area contributed by atoms with Crippen LogP contribution in [-0.2, 0) is 0 Å². The van der Waals surface area contributed by atoms with E-state index in [9.17, 15) is 0 Å². The van der Waals surface area contributed by atoms with Crippen LogP contribution in [0.5, 0.6) is 0 Å². The maximum Gasteiger partial charge on any atom is 0.251 e. The van der Waals surface area contributed by atoms with Gasteiger partial charge < -0.3 is 0 Å². The molecule has 0 unspecified atom stereocenters. The van der Waals surface area contributed by atoms with E-state index in [0.29, 0.717) is 5.95 Å². The first kappa shape index (κ1) is 11.7. The van der Waals surface area contributed by atoms with E-state index >= 15 is 0 Å². The Bertz CT molecular complexity index is 693. The van der Waals surface area contributed by atoms with Crippen molar-refractivity contribution in [2.24, 2.45) is 0 Å². The SMILES string of the molecule is CSc1nn(-c2ncc(Br)cn2)c2c[c]ccc12. The molecule has 0 aliphatic rings. The van der Waals surface area contributed by atoms with Crippen molar-refractivity contribution in [2.45, 2.75) is 5.03 Å². The molecule has 1 radical (unpaired) electrons. The van der Waals surface area contributed by atoms with Gasteiger partial charge in [0.2, 0.25) is 0 Å². The number of hydrogen-bond acceptors (Lipinski definition) is 4. The lowest BCUT2D eigenvalue weighted by molar-refractivity contribution is 0.798. The number of nitrogens with zero attached hydrogens (tertiary/aromatic N) is 4. The molecule has 0 bridgehead atoms. The van der Waals surface area contributed by atoms with Crippen molar-refractivity contribution in [2.75, 3.05) is 6.26 Å². The summed E-state index contributed by atoms with van der Waals surface area (Å²) in [6.45, 7) is 0. The molecule has 6 heteroatoms. The highest BCUT2D eigenvalue weighted by Crippen LogP contribution is 2.26. The second-order valence-corrected chi connectivity index (χ2v) is 5.28. The summed E-state index contributed by atoms with van der Waals surface area (Å²) >= 11 is 4.93. The number of aromatic nitrogens is 4. The Labute approximate surface area is 117 Å². The van der Waals surface area contributed by atoms with Gasteiger partial charge in [0.1, 0.15) is 5.03 Å². The molecule has 2 heterocycles. The molecular weight excluding hydrogens is 312 g/mol. The van der Waals surface area contributed by atoms with E-state index in [4.69, 9.17) is 0 Å². The van der Waals surface area contributed by atoms with Crippen LogP contribution >= 0.6 is 27.7 Å². The quantitative estimate of drug-likeness (QED) is 0.681. The van der Waals surface area contributed by atoms with Gasteiger partial charge in [-0.2, -0.15) is 9.78 Å². The van der Waals surface area contributed by atoms with E-state index < -0.39 is 0 Å². The predicted octanol–water partition coefficient (Wildman–Crippen LogP) is 3.10. The topological polar surface area (TPSA) is 43.6 Å². The van der Waals surface area contributed by atoms with Gasteiger partial charge in [0.15, 0.2) is 0 Å². The summed E-state index contributed by atoms with van der Waals surface area (Å²) in [7, 11) is 0. The average molecular weight is 320 g/mol. The molecule has 0 spiro atoms. The number of benzene rings is 1. The minimum atomic E-state index is 0.558. The number of halogens is 1. The summed E-state index contributed by atoms with van der Waals surface area (Å²) < 4.78 is 2.59. The highest BCUT2D eigenvalue weighted by Gasteiger charge is 2.11. The number of hydrogen-bond donors (Lipinski definition) is 0. The molecular formula is C12H8BrN4S. The lowest BCUT2D eigenvalue weighted by Gasteiger charge is -2.00. The predicted molar refractivity (Wildman–Crippen MR) is 75.0 cm³/mol. The van der Waals surface area contributed by atoms with Crippen molar-refractivity contribution in [1.29, 1.82) is 0 Å². The first-order chi connectivity index (χ1) is 8.79. The fourth-order valence-corrected chi connectivity index (χ4v) is 2.45. The fourth-order valence-electron chi connectivity index (χ4n) is 1.69. The zero-order chi connectivity index (χ0) is 12.5. The Morgan fingerprint density at radius 2 is 2.11 bits per heavy atom. The lowest BCUT2D eigenvalue weighted by atomic mass is 10.2. The normalized spacial score (nSPS) is 11.0. The number of thioether (sulfide) groups is 1. The molecule has 0 fully saturated rings. The van der Waals surface area contributed by atoms with Crippen LogP contribution in [0.15, 0.2) is 40.1 Å². The Kier molecular flexibility index (Phi) is 3.05. The summed E-state index contributed by atoms with van der Waals surface area (Å²) in [5, 5.41) is 6.58. The Morgan fingerprint density at radius 1 is 1.33 bits per heavy atom. The minimum Gasteiger partial charge on any atom is -0.218 e. The second-order valence-electron chi connectivity index (χ2n) is 3.57. The van der Waals surface area contributed by atoms with Crippen molar-refractivity contribution < 1.29 is 0 Å². The van der Waals surface area contributed by atoms with Crippen LogP contribution in [0.3, 0.4) is 0 Å². The van der Waals surface area contributed by atoms with E-state index in [2.05, 4.69) is 37.1 Å². The highest BCUT2D eigenvalue weighted by molar-refractivity contribution is 9.10. The minimum absolute atomic E-state index is 0.558. The van der Waals surface area contributed by atoms with Gasteiger partial charge in [-0.25, -0.2) is 9.97 Å². The second kappa shape index (κ2) is 4.70. The van der Waals surface area contributed by atoms with E-state index in [1.54, 1.807) is 28.8 Å². The molecule has 0 aliphatic carbocycles. The van der Waals surface area contributed by atoms with Crippen molar-refractivity contribution in [3.05, 3.63) is 41.1 Å². The molecule has 0 aliphatic heterocycles. The molecule has 0 saturated carbocycles. The van der Waals surface area contributed by atoms with Gasteiger partial charge in [-0.05, 0) is 40.4 Å². The Hall–Kier alpha value is -1.40. The van der Waals surface area contributed by atoms with E-state index in [1.807, 2.05) is 24.5 Å². The summed E-state index contributed by atoms with van der Waals surface area (Å²) in [4.78, 5) is 8.53. The van der Waals surface area contributed by atoms with Gasteiger partial charge >= 0.3 is 0 Å². The van der Waals surface area contributed by atoms with E-state index in [0.717, 1.165) is 20.4 Å². The van der Waals surface area contributed by atoms with Crippen molar-refractivity contribution in [1.82, 2.24) is 19.7 Å². The first-order valence-electron chi connectivity index (χ1n) is 5.20. The van der Waals surface area contributed by atoms with Gasteiger partial charge in [0.05, 0.1) is 9.99 Å². The summed E-state index contributed by atoms with van der Waals surface area (Å²) in [6.07, 6.45) is 5.42. The first-order valence-corrected chi connectivity index (χ1v) is 7.22. The van der Waals surface area contributed by atoms with Gasteiger partial charge in [-0.3, -0.25) is 0 Å². The summed E-state index contributed by atoms with van der Waals surface area (Å²) in [5.41, 5.74) is 0.962. The third-order valence-electron chi connectivity index (χ3n) is 2.48. The van der Waals surface area contributed by atoms with E-state index in [-0.39, 0.29) is 0 Å². The molecule has 0 amide bonds. The van der Waals surface area contributed by atoms with Crippen LogP contribution < -0.4 is 0 Å². The Balaban J connectivity index is 2.26. The van der Waals surface area contributed by atoms with Gasteiger partial charge in [-0.15, -0.1) is 11.8 Å². The summed E-state index contributed by atoms with van der Waals surface area (Å²) in [5.74, 6) is 0.558. The molecule has 2 aromatic heterocycles. The average Bonchev–Trinajstić information content (AvgIpc) is 2.79. The third kappa shape index (κ3) is 1.91. The van der Waals surface area contributed by atoms with Crippen LogP contribution in [0.25, 0.3) is 16.9 Å². The van der Waals surface area contributed by atoms with Crippen molar-refractivity contribution >= 4 is 38.6 Å². The van der Waals surface area contributed by atoms with Crippen molar-refractivity contribution in [3.8, 4) is 5.95 Å². The largest absolute Gasteiger partial charge is 0.251 e. The van der Waals surface area contributed by atoms with Crippen LogP contribution in [0.1, 0.15) is 0 Å². The standard InChI is InChI=1S/C12H8BrN4S/c1-18-11-9-4-2-3-5-10(9)17(16-11)12-14-6-8(13)7-15-12/h2,4-7H,1H3. The number of fused-ring (bicyclic) bond motifs is 1. The van der Waals surface area contributed by atoms with Crippen LogP contribution in [0.4, 0.5) is 0 Å². The molecule has 1 aromatic carbocycles. The third-order valence-corrected chi connectivity index (χ3v) is 3.58. The molecule has 0 N–H and O–H groups in total. The molecule has 89 valence electrons. The fraction of sp³-hybridized carbons (Fsp3) is 0.0833. The van der Waals surface area contributed by atoms with Gasteiger partial charge in [0, 0.05) is 17.8 Å². The zero-order valence-electron chi connectivity index (χ0n) is 9.46. The molecule has 18 heavy (non-hydrogen) atoms.